The number of benzene rings is 1. The molecule has 0 saturated carbocycles. The molecule has 108 valence electrons. The van der Waals surface area contributed by atoms with Gasteiger partial charge in [0.2, 0.25) is 0 Å². The van der Waals surface area contributed by atoms with Gasteiger partial charge in [0.05, 0.1) is 18.4 Å². The summed E-state index contributed by atoms with van der Waals surface area (Å²) in [5, 5.41) is 8.01. The Bertz CT molecular complexity index is 790. The van der Waals surface area contributed by atoms with Crippen LogP contribution in [0.2, 0.25) is 0 Å². The highest BCUT2D eigenvalue weighted by Crippen LogP contribution is 2.33. The largest absolute Gasteiger partial charge is 0.397 e. The Kier molecular flexibility index (Phi) is 3.62. The third kappa shape index (κ3) is 2.75. The SMILES string of the molecule is Cc1cnn(CCNC(=O)c2sc3ccccc3c2N)c1. The number of hydrogen-bond donors (Lipinski definition) is 2. The number of carbonyl (C=O) groups excluding carboxylic acids is 1. The summed E-state index contributed by atoms with van der Waals surface area (Å²) in [5.41, 5.74) is 7.72. The molecule has 6 heteroatoms. The van der Waals surface area contributed by atoms with Gasteiger partial charge in [-0.1, -0.05) is 18.2 Å². The lowest BCUT2D eigenvalue weighted by Crippen LogP contribution is -2.27. The summed E-state index contributed by atoms with van der Waals surface area (Å²) in [5.74, 6) is -0.127. The van der Waals surface area contributed by atoms with Crippen molar-refractivity contribution in [1.82, 2.24) is 15.1 Å². The number of aromatic nitrogens is 2. The summed E-state index contributed by atoms with van der Waals surface area (Å²) in [4.78, 5) is 12.8. The zero-order chi connectivity index (χ0) is 14.8. The van der Waals surface area contributed by atoms with Gasteiger partial charge in [-0.15, -0.1) is 11.3 Å². The minimum Gasteiger partial charge on any atom is -0.397 e. The minimum absolute atomic E-state index is 0.127. The number of nitrogens with two attached hydrogens (primary N) is 1. The summed E-state index contributed by atoms with van der Waals surface area (Å²) in [6.45, 7) is 3.15. The van der Waals surface area contributed by atoms with Crippen LogP contribution in [0.5, 0.6) is 0 Å². The number of nitrogen functional groups attached to an aromatic ring is 1. The number of hydrogen-bond acceptors (Lipinski definition) is 4. The van der Waals surface area contributed by atoms with Gasteiger partial charge in [-0.2, -0.15) is 5.10 Å². The Balaban J connectivity index is 1.68. The van der Waals surface area contributed by atoms with Crippen LogP contribution in [0.4, 0.5) is 5.69 Å². The Morgan fingerprint density at radius 1 is 1.43 bits per heavy atom. The molecule has 0 aliphatic carbocycles. The molecule has 3 N–H and O–H groups in total. The second-order valence-electron chi connectivity index (χ2n) is 4.88. The first-order valence-electron chi connectivity index (χ1n) is 6.69. The molecule has 0 unspecified atom stereocenters. The zero-order valence-corrected chi connectivity index (χ0v) is 12.5. The van der Waals surface area contributed by atoms with E-state index < -0.39 is 0 Å². The molecule has 0 fully saturated rings. The van der Waals surface area contributed by atoms with Crippen LogP contribution < -0.4 is 11.1 Å². The van der Waals surface area contributed by atoms with Crippen molar-refractivity contribution in [2.45, 2.75) is 13.5 Å². The van der Waals surface area contributed by atoms with Crippen LogP contribution in [0.1, 0.15) is 15.2 Å². The number of aryl methyl sites for hydroxylation is 1. The van der Waals surface area contributed by atoms with Crippen molar-refractivity contribution in [2.24, 2.45) is 0 Å². The summed E-state index contributed by atoms with van der Waals surface area (Å²) in [6.07, 6.45) is 3.74. The maximum absolute atomic E-state index is 12.2. The molecule has 2 heterocycles. The van der Waals surface area contributed by atoms with Crippen molar-refractivity contribution in [3.63, 3.8) is 0 Å². The lowest BCUT2D eigenvalue weighted by Gasteiger charge is -2.04. The van der Waals surface area contributed by atoms with Crippen molar-refractivity contribution >= 4 is 33.0 Å². The Morgan fingerprint density at radius 3 is 2.95 bits per heavy atom. The molecule has 5 nitrogen and oxygen atoms in total. The van der Waals surface area contributed by atoms with Crippen LogP contribution in [-0.4, -0.2) is 22.2 Å². The maximum Gasteiger partial charge on any atom is 0.263 e. The number of nitrogens with one attached hydrogen (secondary N) is 1. The second-order valence-corrected chi connectivity index (χ2v) is 5.93. The van der Waals surface area contributed by atoms with Crippen molar-refractivity contribution in [3.05, 3.63) is 47.1 Å². The van der Waals surface area contributed by atoms with E-state index in [-0.39, 0.29) is 5.91 Å². The topological polar surface area (TPSA) is 72.9 Å². The Labute approximate surface area is 126 Å². The first-order valence-corrected chi connectivity index (χ1v) is 7.51. The molecular formula is C15H16N4OS. The van der Waals surface area contributed by atoms with Crippen molar-refractivity contribution < 1.29 is 4.79 Å². The highest BCUT2D eigenvalue weighted by atomic mass is 32.1. The molecule has 3 rings (SSSR count). The van der Waals surface area contributed by atoms with Crippen LogP contribution in [0.3, 0.4) is 0 Å². The predicted molar refractivity (Wildman–Crippen MR) is 85.5 cm³/mol. The van der Waals surface area contributed by atoms with E-state index in [0.29, 0.717) is 23.7 Å². The maximum atomic E-state index is 12.2. The first kappa shape index (κ1) is 13.6. The first-order chi connectivity index (χ1) is 10.1. The summed E-state index contributed by atoms with van der Waals surface area (Å²) >= 11 is 1.42. The average Bonchev–Trinajstić information content (AvgIpc) is 3.03. The van der Waals surface area contributed by atoms with Crippen LogP contribution >= 0.6 is 11.3 Å². The number of anilines is 1. The van der Waals surface area contributed by atoms with E-state index in [1.807, 2.05) is 42.1 Å². The quantitative estimate of drug-likeness (QED) is 0.777. The number of thiophene rings is 1. The van der Waals surface area contributed by atoms with E-state index in [4.69, 9.17) is 5.73 Å². The predicted octanol–water partition coefficient (Wildman–Crippen LogP) is 2.42. The van der Waals surface area contributed by atoms with Gasteiger partial charge in [-0.25, -0.2) is 0 Å². The molecule has 0 aliphatic rings. The Morgan fingerprint density at radius 2 is 2.24 bits per heavy atom. The fraction of sp³-hybridized carbons (Fsp3) is 0.200. The Hall–Kier alpha value is -2.34. The third-order valence-electron chi connectivity index (χ3n) is 3.23. The minimum atomic E-state index is -0.127. The van der Waals surface area contributed by atoms with Crippen molar-refractivity contribution in [3.8, 4) is 0 Å². The molecule has 3 aromatic rings. The molecule has 0 bridgehead atoms. The highest BCUT2D eigenvalue weighted by molar-refractivity contribution is 7.21. The molecule has 1 aromatic carbocycles. The van der Waals surface area contributed by atoms with Crippen molar-refractivity contribution in [2.75, 3.05) is 12.3 Å². The van der Waals surface area contributed by atoms with E-state index in [1.165, 1.54) is 11.3 Å². The van der Waals surface area contributed by atoms with E-state index in [2.05, 4.69) is 10.4 Å². The number of nitrogens with zero attached hydrogens (tertiary/aromatic N) is 2. The summed E-state index contributed by atoms with van der Waals surface area (Å²) in [6, 6.07) is 7.78. The molecular weight excluding hydrogens is 284 g/mol. The van der Waals surface area contributed by atoms with Crippen molar-refractivity contribution in [1.29, 1.82) is 0 Å². The molecule has 0 atom stereocenters. The standard InChI is InChI=1S/C15H16N4OS/c1-10-8-18-19(9-10)7-6-17-15(20)14-13(16)11-4-2-3-5-12(11)21-14/h2-5,8-9H,6-7,16H2,1H3,(H,17,20). The number of carbonyl (C=O) groups is 1. The summed E-state index contributed by atoms with van der Waals surface area (Å²) < 4.78 is 2.84. The van der Waals surface area contributed by atoms with Crippen LogP contribution in [0, 0.1) is 6.92 Å². The number of amides is 1. The third-order valence-corrected chi connectivity index (χ3v) is 4.41. The van der Waals surface area contributed by atoms with E-state index in [0.717, 1.165) is 15.6 Å². The van der Waals surface area contributed by atoms with Gasteiger partial charge in [-0.05, 0) is 18.6 Å². The van der Waals surface area contributed by atoms with E-state index in [9.17, 15) is 4.79 Å². The fourth-order valence-electron chi connectivity index (χ4n) is 2.19. The number of fused-ring (bicyclic) bond motifs is 1. The van der Waals surface area contributed by atoms with Gasteiger partial charge in [0.25, 0.3) is 5.91 Å². The lowest BCUT2D eigenvalue weighted by molar-refractivity contribution is 0.0957. The van der Waals surface area contributed by atoms with Crippen LogP contribution in [-0.2, 0) is 6.54 Å². The molecule has 0 spiro atoms. The van der Waals surface area contributed by atoms with Crippen LogP contribution in [0.25, 0.3) is 10.1 Å². The van der Waals surface area contributed by atoms with Gasteiger partial charge in [0, 0.05) is 22.8 Å². The molecule has 0 saturated heterocycles. The second kappa shape index (κ2) is 5.57. The monoisotopic (exact) mass is 300 g/mol. The van der Waals surface area contributed by atoms with E-state index >= 15 is 0 Å². The highest BCUT2D eigenvalue weighted by Gasteiger charge is 2.15. The fourth-order valence-corrected chi connectivity index (χ4v) is 3.23. The van der Waals surface area contributed by atoms with Crippen LogP contribution in [0.15, 0.2) is 36.7 Å². The van der Waals surface area contributed by atoms with Gasteiger partial charge >= 0.3 is 0 Å². The van der Waals surface area contributed by atoms with Gasteiger partial charge in [0.1, 0.15) is 4.88 Å². The summed E-state index contributed by atoms with van der Waals surface area (Å²) in [7, 11) is 0. The molecule has 2 aromatic heterocycles. The smallest absolute Gasteiger partial charge is 0.263 e. The normalized spacial score (nSPS) is 10.9. The zero-order valence-electron chi connectivity index (χ0n) is 11.7. The van der Waals surface area contributed by atoms with Gasteiger partial charge < -0.3 is 11.1 Å². The molecule has 21 heavy (non-hydrogen) atoms. The average molecular weight is 300 g/mol. The molecule has 0 aliphatic heterocycles. The van der Waals surface area contributed by atoms with E-state index in [1.54, 1.807) is 6.20 Å². The number of rotatable bonds is 4. The van der Waals surface area contributed by atoms with Gasteiger partial charge in [-0.3, -0.25) is 9.48 Å². The molecule has 1 amide bonds. The lowest BCUT2D eigenvalue weighted by atomic mass is 10.2. The van der Waals surface area contributed by atoms with Gasteiger partial charge in [0.15, 0.2) is 0 Å². The molecule has 0 radical (unpaired) electrons.